The van der Waals surface area contributed by atoms with Crippen LogP contribution in [0.3, 0.4) is 0 Å². The largest absolute Gasteiger partial charge is 0.493 e. The zero-order valence-electron chi connectivity index (χ0n) is 19.5. The van der Waals surface area contributed by atoms with Gasteiger partial charge in [-0.2, -0.15) is 0 Å². The van der Waals surface area contributed by atoms with Crippen molar-refractivity contribution in [1.29, 1.82) is 0 Å². The monoisotopic (exact) mass is 634 g/mol. The second kappa shape index (κ2) is 11.5. The Morgan fingerprint density at radius 1 is 1.16 bits per heavy atom. The summed E-state index contributed by atoms with van der Waals surface area (Å²) < 4.78 is 11.9. The van der Waals surface area contributed by atoms with Crippen LogP contribution in [0.1, 0.15) is 21.5 Å². The average molecular weight is 636 g/mol. The van der Waals surface area contributed by atoms with E-state index in [-0.39, 0.29) is 38.6 Å². The lowest BCUT2D eigenvalue weighted by Gasteiger charge is -2.29. The van der Waals surface area contributed by atoms with Crippen molar-refractivity contribution in [3.63, 3.8) is 0 Å². The van der Waals surface area contributed by atoms with Gasteiger partial charge in [0.1, 0.15) is 12.2 Å². The van der Waals surface area contributed by atoms with Crippen LogP contribution >= 0.6 is 51.3 Å². The molecule has 0 atom stereocenters. The van der Waals surface area contributed by atoms with Crippen molar-refractivity contribution in [2.24, 2.45) is 0 Å². The van der Waals surface area contributed by atoms with Crippen LogP contribution in [0.2, 0.25) is 10.0 Å². The minimum atomic E-state index is -1.02. The predicted molar refractivity (Wildman–Crippen MR) is 151 cm³/mol. The molecular formula is C26H17BrCl2N2O6S. The number of nitrogens with one attached hydrogen (secondary N) is 1. The fourth-order valence-corrected chi connectivity index (χ4v) is 4.80. The summed E-state index contributed by atoms with van der Waals surface area (Å²) in [5.74, 6) is -1.65. The van der Waals surface area contributed by atoms with E-state index in [0.29, 0.717) is 21.5 Å². The summed E-state index contributed by atoms with van der Waals surface area (Å²) in [6.07, 6.45) is 1.40. The van der Waals surface area contributed by atoms with Crippen LogP contribution in [0.25, 0.3) is 6.08 Å². The molecule has 0 aliphatic carbocycles. The fourth-order valence-electron chi connectivity index (χ4n) is 3.57. The van der Waals surface area contributed by atoms with Crippen molar-refractivity contribution in [3.8, 4) is 11.5 Å². The van der Waals surface area contributed by atoms with Crippen molar-refractivity contribution in [1.82, 2.24) is 5.32 Å². The molecule has 3 aromatic carbocycles. The van der Waals surface area contributed by atoms with E-state index in [4.69, 9.17) is 50.0 Å². The Labute approximate surface area is 240 Å². The molecule has 12 heteroatoms. The number of carbonyl (C=O) groups excluding carboxylic acids is 2. The van der Waals surface area contributed by atoms with Crippen molar-refractivity contribution < 1.29 is 29.0 Å². The van der Waals surface area contributed by atoms with Crippen molar-refractivity contribution in [3.05, 3.63) is 91.4 Å². The van der Waals surface area contributed by atoms with Crippen LogP contribution in [-0.4, -0.2) is 35.1 Å². The quantitative estimate of drug-likeness (QED) is 0.190. The van der Waals surface area contributed by atoms with E-state index in [0.717, 1.165) is 10.5 Å². The zero-order chi connectivity index (χ0) is 27.6. The number of hydrogen-bond acceptors (Lipinski definition) is 6. The Balaban J connectivity index is 1.63. The van der Waals surface area contributed by atoms with Gasteiger partial charge in [0.05, 0.1) is 32.9 Å². The maximum atomic E-state index is 13.3. The van der Waals surface area contributed by atoms with E-state index in [1.807, 2.05) is 0 Å². The summed E-state index contributed by atoms with van der Waals surface area (Å²) in [5, 5.41) is 11.8. The SMILES string of the molecule is COc1cc(/C=C2\C(=O)NC(=S)N(c3cccc(Cl)c3Cl)C2=O)cc(Br)c1OCc1ccc(C(=O)O)cc1. The molecule has 0 aromatic heterocycles. The number of benzene rings is 3. The van der Waals surface area contributed by atoms with Gasteiger partial charge in [0.25, 0.3) is 11.8 Å². The molecule has 1 fully saturated rings. The zero-order valence-corrected chi connectivity index (χ0v) is 23.4. The average Bonchev–Trinajstić information content (AvgIpc) is 2.88. The Hall–Kier alpha value is -3.44. The Bertz CT molecular complexity index is 1510. The minimum Gasteiger partial charge on any atom is -0.493 e. The summed E-state index contributed by atoms with van der Waals surface area (Å²) in [5.41, 5.74) is 1.43. The molecule has 0 spiro atoms. The van der Waals surface area contributed by atoms with Crippen LogP contribution in [0.4, 0.5) is 5.69 Å². The predicted octanol–water partition coefficient (Wildman–Crippen LogP) is 5.87. The van der Waals surface area contributed by atoms with Gasteiger partial charge in [0.2, 0.25) is 0 Å². The molecule has 8 nitrogen and oxygen atoms in total. The van der Waals surface area contributed by atoms with Gasteiger partial charge in [-0.1, -0.05) is 41.4 Å². The fraction of sp³-hybridized carbons (Fsp3) is 0.0769. The molecule has 0 saturated carbocycles. The van der Waals surface area contributed by atoms with Gasteiger partial charge in [-0.05, 0) is 81.7 Å². The smallest absolute Gasteiger partial charge is 0.335 e. The van der Waals surface area contributed by atoms with E-state index in [2.05, 4.69) is 21.2 Å². The number of anilines is 1. The second-order valence-electron chi connectivity index (χ2n) is 7.86. The van der Waals surface area contributed by atoms with E-state index < -0.39 is 17.8 Å². The summed E-state index contributed by atoms with van der Waals surface area (Å²) >= 11 is 21.1. The van der Waals surface area contributed by atoms with Crippen molar-refractivity contribution in [2.45, 2.75) is 6.61 Å². The van der Waals surface area contributed by atoms with Crippen molar-refractivity contribution in [2.75, 3.05) is 12.0 Å². The number of rotatable bonds is 7. The number of amides is 2. The number of methoxy groups -OCH3 is 1. The van der Waals surface area contributed by atoms with Gasteiger partial charge >= 0.3 is 5.97 Å². The highest BCUT2D eigenvalue weighted by molar-refractivity contribution is 9.10. The number of halogens is 3. The molecule has 2 N–H and O–H groups in total. The minimum absolute atomic E-state index is 0.115. The first-order valence-corrected chi connectivity index (χ1v) is 12.7. The Morgan fingerprint density at radius 2 is 1.87 bits per heavy atom. The van der Waals surface area contributed by atoms with Gasteiger partial charge in [-0.3, -0.25) is 19.8 Å². The lowest BCUT2D eigenvalue weighted by molar-refractivity contribution is -0.122. The Morgan fingerprint density at radius 3 is 2.53 bits per heavy atom. The normalized spacial score (nSPS) is 14.5. The second-order valence-corrected chi connectivity index (χ2v) is 9.88. The lowest BCUT2D eigenvalue weighted by Crippen LogP contribution is -2.54. The first kappa shape index (κ1) is 27.6. The molecule has 2 amide bonds. The van der Waals surface area contributed by atoms with E-state index in [1.54, 1.807) is 42.5 Å². The van der Waals surface area contributed by atoms with Gasteiger partial charge in [-0.15, -0.1) is 0 Å². The molecule has 0 bridgehead atoms. The topological polar surface area (TPSA) is 105 Å². The third kappa shape index (κ3) is 5.68. The number of carboxylic acids is 1. The van der Waals surface area contributed by atoms with Crippen LogP contribution in [0, 0.1) is 0 Å². The number of ether oxygens (including phenoxy) is 2. The number of carbonyl (C=O) groups is 3. The third-order valence-corrected chi connectivity index (χ3v) is 7.10. The maximum absolute atomic E-state index is 13.3. The molecule has 0 radical (unpaired) electrons. The van der Waals surface area contributed by atoms with E-state index in [1.165, 1.54) is 25.3 Å². The third-order valence-electron chi connectivity index (χ3n) is 5.42. The van der Waals surface area contributed by atoms with Crippen molar-refractivity contribution >= 4 is 86.0 Å². The van der Waals surface area contributed by atoms with Crippen LogP contribution in [0.5, 0.6) is 11.5 Å². The first-order chi connectivity index (χ1) is 18.1. The number of hydrogen-bond donors (Lipinski definition) is 2. The molecule has 4 rings (SSSR count). The standard InChI is InChI=1S/C26H17BrCl2N2O6S/c1-36-20-11-14(10-17(27)22(20)37-12-13-5-7-15(8-6-13)25(34)35)9-16-23(32)30-26(38)31(24(16)33)19-4-2-3-18(28)21(19)29/h2-11H,12H2,1H3,(H,34,35)(H,30,32,38)/b16-9+. The van der Waals surface area contributed by atoms with Gasteiger partial charge in [-0.25, -0.2) is 4.79 Å². The summed E-state index contributed by atoms with van der Waals surface area (Å²) in [6, 6.07) is 14.3. The lowest BCUT2D eigenvalue weighted by atomic mass is 10.1. The number of nitrogens with zero attached hydrogens (tertiary/aromatic N) is 1. The first-order valence-electron chi connectivity index (χ1n) is 10.8. The molecule has 1 aliphatic rings. The molecule has 1 saturated heterocycles. The molecule has 1 aliphatic heterocycles. The molecule has 194 valence electrons. The number of carboxylic acid groups (broad SMARTS) is 1. The summed E-state index contributed by atoms with van der Waals surface area (Å²) in [7, 11) is 1.45. The summed E-state index contributed by atoms with van der Waals surface area (Å²) in [6.45, 7) is 0.142. The summed E-state index contributed by atoms with van der Waals surface area (Å²) in [4.78, 5) is 38.2. The van der Waals surface area contributed by atoms with Crippen LogP contribution < -0.4 is 19.7 Å². The molecular weight excluding hydrogens is 619 g/mol. The van der Waals surface area contributed by atoms with E-state index in [9.17, 15) is 14.4 Å². The molecule has 38 heavy (non-hydrogen) atoms. The van der Waals surface area contributed by atoms with Gasteiger partial charge in [0.15, 0.2) is 16.6 Å². The van der Waals surface area contributed by atoms with Gasteiger partial charge < -0.3 is 14.6 Å². The highest BCUT2D eigenvalue weighted by Crippen LogP contribution is 2.39. The number of aromatic carboxylic acids is 1. The van der Waals surface area contributed by atoms with Gasteiger partial charge in [0, 0.05) is 0 Å². The van der Waals surface area contributed by atoms with Crippen LogP contribution in [-0.2, 0) is 16.2 Å². The highest BCUT2D eigenvalue weighted by atomic mass is 79.9. The highest BCUT2D eigenvalue weighted by Gasteiger charge is 2.35. The van der Waals surface area contributed by atoms with E-state index >= 15 is 0 Å². The molecule has 1 heterocycles. The Kier molecular flexibility index (Phi) is 8.37. The maximum Gasteiger partial charge on any atom is 0.335 e. The number of thiocarbonyl (C=S) groups is 1. The molecule has 0 unspecified atom stereocenters. The van der Waals surface area contributed by atoms with Crippen LogP contribution in [0.15, 0.2) is 64.6 Å². The molecule has 3 aromatic rings.